The molecule has 0 aliphatic carbocycles. The van der Waals surface area contributed by atoms with Crippen molar-refractivity contribution >= 4 is 10.9 Å². The minimum Gasteiger partial charge on any atom is -0.361 e. The molecule has 3 heteroatoms. The Labute approximate surface area is 107 Å². The van der Waals surface area contributed by atoms with Crippen LogP contribution in [0.5, 0.6) is 0 Å². The van der Waals surface area contributed by atoms with Crippen LogP contribution in [0.1, 0.15) is 25.3 Å². The van der Waals surface area contributed by atoms with Crippen molar-refractivity contribution in [2.45, 2.75) is 19.8 Å². The van der Waals surface area contributed by atoms with Crippen molar-refractivity contribution < 1.29 is 0 Å². The fraction of sp³-hybridized carbons (Fsp3) is 0.333. The molecule has 2 rings (SSSR count). The molecule has 1 heterocycles. The van der Waals surface area contributed by atoms with Gasteiger partial charge in [-0.3, -0.25) is 0 Å². The average Bonchev–Trinajstić information content (AvgIpc) is 2.79. The lowest BCUT2D eigenvalue weighted by Gasteiger charge is -2.21. The summed E-state index contributed by atoms with van der Waals surface area (Å²) in [6.07, 6.45) is 1.93. The van der Waals surface area contributed by atoms with E-state index < -0.39 is 5.92 Å². The van der Waals surface area contributed by atoms with Gasteiger partial charge in [0, 0.05) is 23.0 Å². The number of aromatic amines is 1. The molecule has 2 aromatic rings. The van der Waals surface area contributed by atoms with Crippen LogP contribution < -0.4 is 0 Å². The highest BCUT2D eigenvalue weighted by Crippen LogP contribution is 2.35. The van der Waals surface area contributed by atoms with Crippen molar-refractivity contribution in [3.63, 3.8) is 0 Å². The van der Waals surface area contributed by atoms with Gasteiger partial charge in [0.2, 0.25) is 0 Å². The van der Waals surface area contributed by atoms with Gasteiger partial charge in [-0.25, -0.2) is 0 Å². The monoisotopic (exact) mass is 237 g/mol. The molecular weight excluding hydrogens is 222 g/mol. The van der Waals surface area contributed by atoms with Crippen molar-refractivity contribution in [1.82, 2.24) is 4.98 Å². The molecule has 18 heavy (non-hydrogen) atoms. The maximum Gasteiger partial charge on any atom is 0.140 e. The van der Waals surface area contributed by atoms with Crippen LogP contribution in [0.2, 0.25) is 0 Å². The van der Waals surface area contributed by atoms with Crippen LogP contribution in [0, 0.1) is 34.5 Å². The zero-order valence-corrected chi connectivity index (χ0v) is 10.5. The lowest BCUT2D eigenvalue weighted by molar-refractivity contribution is 0.457. The summed E-state index contributed by atoms with van der Waals surface area (Å²) >= 11 is 0. The second-order valence-corrected chi connectivity index (χ2v) is 4.80. The van der Waals surface area contributed by atoms with Crippen LogP contribution in [0.3, 0.4) is 0 Å². The molecule has 0 spiro atoms. The number of benzene rings is 1. The van der Waals surface area contributed by atoms with E-state index in [0.717, 1.165) is 16.5 Å². The molecule has 0 amide bonds. The number of H-pyrrole nitrogens is 1. The predicted molar refractivity (Wildman–Crippen MR) is 70.6 cm³/mol. The number of aromatic nitrogens is 1. The Morgan fingerprint density at radius 1 is 1.11 bits per heavy atom. The SMILES string of the molecule is CC(C)C(c1c[nH]c2ccccc12)C(C#N)C#N. The van der Waals surface area contributed by atoms with E-state index in [1.807, 2.05) is 44.3 Å². The summed E-state index contributed by atoms with van der Waals surface area (Å²) in [5.41, 5.74) is 2.11. The lowest BCUT2D eigenvalue weighted by Crippen LogP contribution is -2.15. The summed E-state index contributed by atoms with van der Waals surface area (Å²) < 4.78 is 0. The van der Waals surface area contributed by atoms with E-state index in [9.17, 15) is 0 Å². The second kappa shape index (κ2) is 4.94. The number of hydrogen-bond acceptors (Lipinski definition) is 2. The molecule has 1 unspecified atom stereocenters. The number of fused-ring (bicyclic) bond motifs is 1. The summed E-state index contributed by atoms with van der Waals surface area (Å²) in [6, 6.07) is 12.2. The maximum absolute atomic E-state index is 9.13. The van der Waals surface area contributed by atoms with Crippen molar-refractivity contribution in [1.29, 1.82) is 10.5 Å². The van der Waals surface area contributed by atoms with E-state index in [4.69, 9.17) is 10.5 Å². The quantitative estimate of drug-likeness (QED) is 0.886. The zero-order chi connectivity index (χ0) is 13.1. The van der Waals surface area contributed by atoms with Gasteiger partial charge in [-0.05, 0) is 17.5 Å². The summed E-state index contributed by atoms with van der Waals surface area (Å²) in [5.74, 6) is -0.422. The fourth-order valence-electron chi connectivity index (χ4n) is 2.48. The summed E-state index contributed by atoms with van der Waals surface area (Å²) in [7, 11) is 0. The van der Waals surface area contributed by atoms with E-state index in [1.54, 1.807) is 0 Å². The van der Waals surface area contributed by atoms with Gasteiger partial charge in [0.15, 0.2) is 0 Å². The Hall–Kier alpha value is -2.26. The first-order chi connectivity index (χ1) is 8.69. The van der Waals surface area contributed by atoms with Gasteiger partial charge in [0.05, 0.1) is 12.1 Å². The highest BCUT2D eigenvalue weighted by molar-refractivity contribution is 5.83. The molecule has 0 aliphatic heterocycles. The number of hydrogen-bond donors (Lipinski definition) is 1. The molecule has 1 N–H and O–H groups in total. The summed E-state index contributed by atoms with van der Waals surface area (Å²) in [6.45, 7) is 4.10. The smallest absolute Gasteiger partial charge is 0.140 e. The number of nitrogens with zero attached hydrogens (tertiary/aromatic N) is 2. The normalized spacial score (nSPS) is 12.6. The average molecular weight is 237 g/mol. The maximum atomic E-state index is 9.13. The topological polar surface area (TPSA) is 63.4 Å². The van der Waals surface area contributed by atoms with Crippen LogP contribution in [-0.2, 0) is 0 Å². The molecule has 0 saturated heterocycles. The highest BCUT2D eigenvalue weighted by Gasteiger charge is 2.28. The van der Waals surface area contributed by atoms with Crippen molar-refractivity contribution in [2.75, 3.05) is 0 Å². The molecule has 0 radical (unpaired) electrons. The van der Waals surface area contributed by atoms with E-state index in [-0.39, 0.29) is 11.8 Å². The van der Waals surface area contributed by atoms with E-state index >= 15 is 0 Å². The van der Waals surface area contributed by atoms with E-state index in [1.165, 1.54) is 0 Å². The zero-order valence-electron chi connectivity index (χ0n) is 10.5. The molecule has 0 aliphatic rings. The molecular formula is C15H15N3. The van der Waals surface area contributed by atoms with Gasteiger partial charge in [-0.15, -0.1) is 0 Å². The van der Waals surface area contributed by atoms with Crippen LogP contribution in [0.15, 0.2) is 30.5 Å². The number of rotatable bonds is 3. The molecule has 0 saturated carbocycles. The summed E-state index contributed by atoms with van der Waals surface area (Å²) in [5, 5.41) is 19.4. The van der Waals surface area contributed by atoms with Crippen LogP contribution in [0.25, 0.3) is 10.9 Å². The molecule has 0 fully saturated rings. The van der Waals surface area contributed by atoms with Crippen molar-refractivity contribution in [2.24, 2.45) is 11.8 Å². The van der Waals surface area contributed by atoms with Gasteiger partial charge in [0.25, 0.3) is 0 Å². The van der Waals surface area contributed by atoms with Gasteiger partial charge in [-0.1, -0.05) is 32.0 Å². The Balaban J connectivity index is 2.57. The minimum atomic E-state index is -0.607. The fourth-order valence-corrected chi connectivity index (χ4v) is 2.48. The Morgan fingerprint density at radius 3 is 2.39 bits per heavy atom. The Kier molecular flexibility index (Phi) is 3.35. The first-order valence-electron chi connectivity index (χ1n) is 6.04. The molecule has 90 valence electrons. The van der Waals surface area contributed by atoms with Crippen LogP contribution in [-0.4, -0.2) is 4.98 Å². The van der Waals surface area contributed by atoms with Crippen LogP contribution >= 0.6 is 0 Å². The summed E-state index contributed by atoms with van der Waals surface area (Å²) in [4.78, 5) is 3.21. The third kappa shape index (κ3) is 1.96. The van der Waals surface area contributed by atoms with Crippen molar-refractivity contribution in [3.05, 3.63) is 36.0 Å². The number of para-hydroxylation sites is 1. The standard InChI is InChI=1S/C15H15N3/c1-10(2)15(11(7-16)8-17)13-9-18-14-6-4-3-5-12(13)14/h3-6,9-11,15,18H,1-2H3. The molecule has 1 aromatic carbocycles. The third-order valence-corrected chi connectivity index (χ3v) is 3.34. The number of nitrogens with one attached hydrogen (secondary N) is 1. The van der Waals surface area contributed by atoms with Gasteiger partial charge in [0.1, 0.15) is 5.92 Å². The molecule has 1 aromatic heterocycles. The highest BCUT2D eigenvalue weighted by atomic mass is 14.7. The van der Waals surface area contributed by atoms with Gasteiger partial charge in [-0.2, -0.15) is 10.5 Å². The van der Waals surface area contributed by atoms with Gasteiger partial charge < -0.3 is 4.98 Å². The second-order valence-electron chi connectivity index (χ2n) is 4.80. The first kappa shape index (κ1) is 12.2. The molecule has 3 nitrogen and oxygen atoms in total. The third-order valence-electron chi connectivity index (χ3n) is 3.34. The number of nitriles is 2. The van der Waals surface area contributed by atoms with E-state index in [0.29, 0.717) is 0 Å². The molecule has 1 atom stereocenters. The predicted octanol–water partition coefficient (Wildman–Crippen LogP) is 3.57. The first-order valence-corrected chi connectivity index (χ1v) is 6.04. The van der Waals surface area contributed by atoms with E-state index in [2.05, 4.69) is 17.1 Å². The van der Waals surface area contributed by atoms with Gasteiger partial charge >= 0.3 is 0 Å². The largest absolute Gasteiger partial charge is 0.361 e. The Bertz CT molecular complexity index is 611. The molecule has 0 bridgehead atoms. The Morgan fingerprint density at radius 2 is 1.78 bits per heavy atom. The lowest BCUT2D eigenvalue weighted by atomic mass is 9.79. The van der Waals surface area contributed by atoms with Crippen molar-refractivity contribution in [3.8, 4) is 12.1 Å². The van der Waals surface area contributed by atoms with Crippen LogP contribution in [0.4, 0.5) is 0 Å². The minimum absolute atomic E-state index is 0.0591.